The predicted molar refractivity (Wildman–Crippen MR) is 70.2 cm³/mol. The van der Waals surface area contributed by atoms with Crippen LogP contribution in [-0.4, -0.2) is 38.2 Å². The van der Waals surface area contributed by atoms with Crippen molar-refractivity contribution in [1.82, 2.24) is 4.90 Å². The molecule has 1 fully saturated rings. The van der Waals surface area contributed by atoms with Gasteiger partial charge < -0.3 is 10.2 Å². The number of benzene rings is 1. The molecule has 0 atom stereocenters. The highest BCUT2D eigenvalue weighted by Crippen LogP contribution is 2.37. The van der Waals surface area contributed by atoms with Gasteiger partial charge in [-0.1, -0.05) is 0 Å². The molecule has 104 valence electrons. The Morgan fingerprint density at radius 2 is 1.95 bits per heavy atom. The van der Waals surface area contributed by atoms with Gasteiger partial charge in [-0.25, -0.2) is 0 Å². The first-order valence-electron chi connectivity index (χ1n) is 5.23. The number of amides is 2. The Morgan fingerprint density at radius 1 is 1.30 bits per heavy atom. The van der Waals surface area contributed by atoms with Gasteiger partial charge in [-0.15, -0.1) is 0 Å². The van der Waals surface area contributed by atoms with Crippen molar-refractivity contribution in [3.8, 4) is 11.5 Å². The van der Waals surface area contributed by atoms with Gasteiger partial charge in [0.1, 0.15) is 5.75 Å². The summed E-state index contributed by atoms with van der Waals surface area (Å²) in [4.78, 5) is 33.8. The molecule has 1 heterocycles. The SMILES string of the molecule is CN1C(=O)S/C(=C\c2cc([N+](=O)[O-])c(O)cc2O)C1=O. The summed E-state index contributed by atoms with van der Waals surface area (Å²) in [6.45, 7) is 0. The number of aromatic hydroxyl groups is 2. The summed E-state index contributed by atoms with van der Waals surface area (Å²) in [5, 5.41) is 29.2. The van der Waals surface area contributed by atoms with Crippen LogP contribution >= 0.6 is 11.8 Å². The van der Waals surface area contributed by atoms with Crippen LogP contribution in [0.1, 0.15) is 5.56 Å². The lowest BCUT2D eigenvalue weighted by molar-refractivity contribution is -0.385. The molecule has 0 aromatic heterocycles. The molecular formula is C11H8N2O6S. The Bertz CT molecular complexity index is 669. The molecule has 1 aliphatic heterocycles. The van der Waals surface area contributed by atoms with E-state index in [0.29, 0.717) is 11.8 Å². The second-order valence-electron chi connectivity index (χ2n) is 3.90. The molecule has 1 aromatic rings. The zero-order valence-electron chi connectivity index (χ0n) is 10.1. The average molecular weight is 296 g/mol. The average Bonchev–Trinajstić information content (AvgIpc) is 2.60. The molecule has 9 heteroatoms. The molecular weight excluding hydrogens is 288 g/mol. The number of thioether (sulfide) groups is 1. The number of likely N-dealkylation sites (N-methyl/N-ethyl adjacent to an activating group) is 1. The van der Waals surface area contributed by atoms with Gasteiger partial charge in [0.2, 0.25) is 0 Å². The lowest BCUT2D eigenvalue weighted by atomic mass is 10.1. The Morgan fingerprint density at radius 3 is 2.45 bits per heavy atom. The normalized spacial score (nSPS) is 17.1. The summed E-state index contributed by atoms with van der Waals surface area (Å²) >= 11 is 0.659. The van der Waals surface area contributed by atoms with Gasteiger partial charge in [-0.3, -0.25) is 24.6 Å². The van der Waals surface area contributed by atoms with Crippen LogP contribution in [0.15, 0.2) is 17.0 Å². The van der Waals surface area contributed by atoms with Gasteiger partial charge in [-0.05, 0) is 17.8 Å². The number of hydrogen-bond acceptors (Lipinski definition) is 7. The molecule has 1 aromatic carbocycles. The van der Waals surface area contributed by atoms with Crippen molar-refractivity contribution in [2.45, 2.75) is 0 Å². The molecule has 2 rings (SSSR count). The fraction of sp³-hybridized carbons (Fsp3) is 0.0909. The smallest absolute Gasteiger partial charge is 0.311 e. The van der Waals surface area contributed by atoms with Crippen molar-refractivity contribution in [3.05, 3.63) is 32.7 Å². The van der Waals surface area contributed by atoms with Crippen molar-refractivity contribution in [2.24, 2.45) is 0 Å². The van der Waals surface area contributed by atoms with Gasteiger partial charge in [0, 0.05) is 24.7 Å². The molecule has 20 heavy (non-hydrogen) atoms. The number of nitro groups is 1. The molecule has 1 aliphatic rings. The monoisotopic (exact) mass is 296 g/mol. The highest BCUT2D eigenvalue weighted by atomic mass is 32.2. The van der Waals surface area contributed by atoms with Crippen LogP contribution in [-0.2, 0) is 4.79 Å². The molecule has 2 N–H and O–H groups in total. The van der Waals surface area contributed by atoms with E-state index in [1.807, 2.05) is 0 Å². The fourth-order valence-electron chi connectivity index (χ4n) is 1.53. The summed E-state index contributed by atoms with van der Waals surface area (Å²) in [5.74, 6) is -1.68. The number of nitro benzene ring substituents is 1. The lowest BCUT2D eigenvalue weighted by Gasteiger charge is -2.03. The summed E-state index contributed by atoms with van der Waals surface area (Å²) in [6, 6.07) is 1.73. The van der Waals surface area contributed by atoms with Crippen LogP contribution in [0.2, 0.25) is 0 Å². The van der Waals surface area contributed by atoms with E-state index in [4.69, 9.17) is 0 Å². The van der Waals surface area contributed by atoms with Crippen LogP contribution in [0.4, 0.5) is 10.5 Å². The van der Waals surface area contributed by atoms with Crippen molar-refractivity contribution in [2.75, 3.05) is 7.05 Å². The van der Waals surface area contributed by atoms with Crippen LogP contribution in [0.5, 0.6) is 11.5 Å². The summed E-state index contributed by atoms with van der Waals surface area (Å²) < 4.78 is 0. The maximum Gasteiger partial charge on any atom is 0.311 e. The van der Waals surface area contributed by atoms with E-state index in [0.717, 1.165) is 23.1 Å². The molecule has 0 unspecified atom stereocenters. The molecule has 1 saturated heterocycles. The van der Waals surface area contributed by atoms with E-state index in [9.17, 15) is 29.9 Å². The minimum atomic E-state index is -0.822. The third-order valence-electron chi connectivity index (χ3n) is 2.59. The number of carbonyl (C=O) groups excluding carboxylic acids is 2. The first-order chi connectivity index (χ1) is 9.31. The van der Waals surface area contributed by atoms with E-state index in [2.05, 4.69) is 0 Å². The van der Waals surface area contributed by atoms with Crippen molar-refractivity contribution < 1.29 is 24.7 Å². The van der Waals surface area contributed by atoms with Crippen LogP contribution in [0, 0.1) is 10.1 Å². The number of imide groups is 1. The van der Waals surface area contributed by atoms with Crippen molar-refractivity contribution in [1.29, 1.82) is 0 Å². The zero-order valence-corrected chi connectivity index (χ0v) is 10.9. The van der Waals surface area contributed by atoms with Crippen molar-refractivity contribution in [3.63, 3.8) is 0 Å². The second-order valence-corrected chi connectivity index (χ2v) is 4.89. The fourth-order valence-corrected chi connectivity index (χ4v) is 2.35. The summed E-state index contributed by atoms with van der Waals surface area (Å²) in [6.07, 6.45) is 1.16. The van der Waals surface area contributed by atoms with E-state index in [-0.39, 0.29) is 10.5 Å². The van der Waals surface area contributed by atoms with Gasteiger partial charge in [0.15, 0.2) is 5.75 Å². The van der Waals surface area contributed by atoms with Crippen LogP contribution in [0.25, 0.3) is 6.08 Å². The number of carbonyl (C=O) groups is 2. The van der Waals surface area contributed by atoms with Gasteiger partial charge in [0.05, 0.1) is 9.83 Å². The van der Waals surface area contributed by atoms with Crippen LogP contribution < -0.4 is 0 Å². The molecule has 0 spiro atoms. The molecule has 0 saturated carbocycles. The Balaban J connectivity index is 2.49. The maximum absolute atomic E-state index is 11.7. The Hall–Kier alpha value is -2.55. The number of nitrogens with zero attached hydrogens (tertiary/aromatic N) is 2. The molecule has 2 amide bonds. The summed E-state index contributed by atoms with van der Waals surface area (Å²) in [7, 11) is 1.30. The number of rotatable bonds is 2. The Kier molecular flexibility index (Phi) is 3.36. The molecule has 0 aliphatic carbocycles. The largest absolute Gasteiger partial charge is 0.507 e. The van der Waals surface area contributed by atoms with Gasteiger partial charge >= 0.3 is 5.69 Å². The molecule has 8 nitrogen and oxygen atoms in total. The number of phenols is 2. The highest BCUT2D eigenvalue weighted by molar-refractivity contribution is 8.18. The van der Waals surface area contributed by atoms with Crippen molar-refractivity contribution >= 4 is 34.7 Å². The first-order valence-corrected chi connectivity index (χ1v) is 6.05. The molecule has 0 bridgehead atoms. The topological polar surface area (TPSA) is 121 Å². The molecule has 0 radical (unpaired) electrons. The summed E-state index contributed by atoms with van der Waals surface area (Å²) in [5.41, 5.74) is -0.641. The standard InChI is InChI=1S/C11H8N2O6S/c1-12-10(16)9(20-11(12)17)3-5-2-6(13(18)19)8(15)4-7(5)14/h2-4,14-15H,1H3/b9-3-. The maximum atomic E-state index is 11.7. The minimum Gasteiger partial charge on any atom is -0.507 e. The second kappa shape index (κ2) is 4.85. The van der Waals surface area contributed by atoms with E-state index in [1.165, 1.54) is 7.05 Å². The van der Waals surface area contributed by atoms with E-state index in [1.54, 1.807) is 0 Å². The Labute approximate surface area is 116 Å². The van der Waals surface area contributed by atoms with E-state index < -0.39 is 33.3 Å². The number of hydrogen-bond donors (Lipinski definition) is 2. The first kappa shape index (κ1) is 13.9. The third-order valence-corrected chi connectivity index (χ3v) is 3.55. The van der Waals surface area contributed by atoms with Gasteiger partial charge in [0.25, 0.3) is 11.1 Å². The highest BCUT2D eigenvalue weighted by Gasteiger charge is 2.32. The zero-order chi connectivity index (χ0) is 15.0. The van der Waals surface area contributed by atoms with Gasteiger partial charge in [-0.2, -0.15) is 0 Å². The third kappa shape index (κ3) is 2.30. The van der Waals surface area contributed by atoms with Crippen LogP contribution in [0.3, 0.4) is 0 Å². The predicted octanol–water partition coefficient (Wildman–Crippen LogP) is 1.67. The minimum absolute atomic E-state index is 0.0338. The van der Waals surface area contributed by atoms with E-state index >= 15 is 0 Å². The lowest BCUT2D eigenvalue weighted by Crippen LogP contribution is -2.22. The number of phenolic OH excluding ortho intramolecular Hbond substituents is 2. The quantitative estimate of drug-likeness (QED) is 0.483.